The first kappa shape index (κ1) is 13.4. The number of aromatic nitrogens is 1. The van der Waals surface area contributed by atoms with E-state index in [4.69, 9.17) is 11.6 Å². The summed E-state index contributed by atoms with van der Waals surface area (Å²) in [5.74, 6) is -0.202. The van der Waals surface area contributed by atoms with Gasteiger partial charge in [0.05, 0.1) is 11.3 Å². The van der Waals surface area contributed by atoms with Crippen molar-refractivity contribution in [3.8, 4) is 0 Å². The van der Waals surface area contributed by atoms with Gasteiger partial charge in [-0.15, -0.1) is 0 Å². The molecule has 0 spiro atoms. The molecule has 1 heterocycles. The molecule has 0 aliphatic heterocycles. The number of anilines is 2. The summed E-state index contributed by atoms with van der Waals surface area (Å²) in [6, 6.07) is 8.74. The lowest BCUT2D eigenvalue weighted by atomic mass is 10.2. The van der Waals surface area contributed by atoms with Crippen LogP contribution in [-0.2, 0) is 0 Å². The second kappa shape index (κ2) is 6.20. The first-order valence-electron chi connectivity index (χ1n) is 5.95. The summed E-state index contributed by atoms with van der Waals surface area (Å²) in [5, 5.41) is 6.57. The zero-order valence-electron chi connectivity index (χ0n) is 10.5. The Morgan fingerprint density at radius 2 is 2.00 bits per heavy atom. The fraction of sp³-hybridized carbons (Fsp3) is 0.143. The maximum absolute atomic E-state index is 12.2. The Morgan fingerprint density at radius 3 is 2.68 bits per heavy atom. The molecule has 0 bridgehead atoms. The molecular formula is C14H14ClN3O. The number of halogens is 1. The average molecular weight is 276 g/mol. The first-order chi connectivity index (χ1) is 9.20. The summed E-state index contributed by atoms with van der Waals surface area (Å²) in [6.07, 6.45) is 3.19. The topological polar surface area (TPSA) is 54.0 Å². The molecule has 0 unspecified atom stereocenters. The molecule has 1 amide bonds. The molecule has 19 heavy (non-hydrogen) atoms. The zero-order valence-corrected chi connectivity index (χ0v) is 11.2. The minimum Gasteiger partial charge on any atom is -0.385 e. The van der Waals surface area contributed by atoms with Crippen LogP contribution in [0, 0.1) is 0 Å². The SMILES string of the molecule is CCNc1ccncc1C(=O)Nc1ccc(Cl)cc1. The van der Waals surface area contributed by atoms with Gasteiger partial charge >= 0.3 is 0 Å². The molecule has 0 atom stereocenters. The van der Waals surface area contributed by atoms with E-state index in [1.54, 1.807) is 42.7 Å². The number of nitrogens with one attached hydrogen (secondary N) is 2. The first-order valence-corrected chi connectivity index (χ1v) is 6.33. The van der Waals surface area contributed by atoms with E-state index in [9.17, 15) is 4.79 Å². The Morgan fingerprint density at radius 1 is 1.26 bits per heavy atom. The van der Waals surface area contributed by atoms with Gasteiger partial charge in [-0.1, -0.05) is 11.6 Å². The van der Waals surface area contributed by atoms with Crippen LogP contribution in [0.2, 0.25) is 5.02 Å². The van der Waals surface area contributed by atoms with Crippen LogP contribution in [-0.4, -0.2) is 17.4 Å². The van der Waals surface area contributed by atoms with Gasteiger partial charge < -0.3 is 10.6 Å². The summed E-state index contributed by atoms with van der Waals surface area (Å²) >= 11 is 5.80. The van der Waals surface area contributed by atoms with E-state index in [0.29, 0.717) is 16.3 Å². The third kappa shape index (κ3) is 3.45. The van der Waals surface area contributed by atoms with Crippen LogP contribution in [0.25, 0.3) is 0 Å². The summed E-state index contributed by atoms with van der Waals surface area (Å²) < 4.78 is 0. The number of hydrogen-bond donors (Lipinski definition) is 2. The fourth-order valence-corrected chi connectivity index (χ4v) is 1.78. The highest BCUT2D eigenvalue weighted by Crippen LogP contribution is 2.17. The average Bonchev–Trinajstić information content (AvgIpc) is 2.42. The maximum Gasteiger partial charge on any atom is 0.259 e. The van der Waals surface area contributed by atoms with Crippen LogP contribution in [0.3, 0.4) is 0 Å². The lowest BCUT2D eigenvalue weighted by Gasteiger charge is -2.10. The van der Waals surface area contributed by atoms with E-state index >= 15 is 0 Å². The molecule has 0 fully saturated rings. The van der Waals surface area contributed by atoms with E-state index < -0.39 is 0 Å². The predicted molar refractivity (Wildman–Crippen MR) is 77.8 cm³/mol. The Kier molecular flexibility index (Phi) is 4.36. The highest BCUT2D eigenvalue weighted by Gasteiger charge is 2.11. The molecule has 1 aromatic heterocycles. The Hall–Kier alpha value is -2.07. The van der Waals surface area contributed by atoms with Crippen LogP contribution >= 0.6 is 11.6 Å². The number of pyridine rings is 1. The van der Waals surface area contributed by atoms with Gasteiger partial charge in [0.1, 0.15) is 0 Å². The predicted octanol–water partition coefficient (Wildman–Crippen LogP) is 3.42. The van der Waals surface area contributed by atoms with Gasteiger partial charge in [-0.2, -0.15) is 0 Å². The van der Waals surface area contributed by atoms with E-state index in [-0.39, 0.29) is 5.91 Å². The number of hydrogen-bond acceptors (Lipinski definition) is 3. The molecule has 2 aromatic rings. The van der Waals surface area contributed by atoms with Gasteiger partial charge in [0.2, 0.25) is 0 Å². The normalized spacial score (nSPS) is 10.0. The molecule has 98 valence electrons. The fourth-order valence-electron chi connectivity index (χ4n) is 1.65. The largest absolute Gasteiger partial charge is 0.385 e. The number of carbonyl (C=O) groups excluding carboxylic acids is 1. The highest BCUT2D eigenvalue weighted by molar-refractivity contribution is 6.30. The van der Waals surface area contributed by atoms with E-state index in [0.717, 1.165) is 12.2 Å². The highest BCUT2D eigenvalue weighted by atomic mass is 35.5. The van der Waals surface area contributed by atoms with Crippen molar-refractivity contribution in [3.63, 3.8) is 0 Å². The van der Waals surface area contributed by atoms with Crippen LogP contribution < -0.4 is 10.6 Å². The van der Waals surface area contributed by atoms with Crippen molar-refractivity contribution < 1.29 is 4.79 Å². The van der Waals surface area contributed by atoms with Crippen molar-refractivity contribution in [2.24, 2.45) is 0 Å². The summed E-state index contributed by atoms with van der Waals surface area (Å²) in [7, 11) is 0. The van der Waals surface area contributed by atoms with Crippen molar-refractivity contribution in [2.75, 3.05) is 17.2 Å². The third-order valence-corrected chi connectivity index (χ3v) is 2.79. The number of benzene rings is 1. The third-order valence-electron chi connectivity index (χ3n) is 2.54. The molecule has 0 saturated heterocycles. The van der Waals surface area contributed by atoms with Crippen molar-refractivity contribution in [1.82, 2.24) is 4.98 Å². The molecule has 0 aliphatic carbocycles. The second-order valence-corrected chi connectivity index (χ2v) is 4.35. The Labute approximate surface area is 116 Å². The molecule has 1 aromatic carbocycles. The monoisotopic (exact) mass is 275 g/mol. The molecule has 0 saturated carbocycles. The molecule has 2 rings (SSSR count). The van der Waals surface area contributed by atoms with Crippen LogP contribution in [0.4, 0.5) is 11.4 Å². The van der Waals surface area contributed by atoms with E-state index in [1.807, 2.05) is 6.92 Å². The molecule has 2 N–H and O–H groups in total. The Balaban J connectivity index is 2.18. The lowest BCUT2D eigenvalue weighted by molar-refractivity contribution is 0.102. The number of rotatable bonds is 4. The zero-order chi connectivity index (χ0) is 13.7. The quantitative estimate of drug-likeness (QED) is 0.899. The second-order valence-electron chi connectivity index (χ2n) is 3.91. The van der Waals surface area contributed by atoms with Gasteiger partial charge in [0.25, 0.3) is 5.91 Å². The van der Waals surface area contributed by atoms with Crippen molar-refractivity contribution in [3.05, 3.63) is 53.3 Å². The smallest absolute Gasteiger partial charge is 0.259 e. The standard InChI is InChI=1S/C14H14ClN3O/c1-2-17-13-7-8-16-9-12(13)14(19)18-11-5-3-10(15)4-6-11/h3-9H,2H2,1H3,(H,16,17)(H,18,19). The molecule has 0 aliphatic rings. The van der Waals surface area contributed by atoms with Crippen LogP contribution in [0.5, 0.6) is 0 Å². The summed E-state index contributed by atoms with van der Waals surface area (Å²) in [4.78, 5) is 16.2. The van der Waals surface area contributed by atoms with Crippen LogP contribution in [0.1, 0.15) is 17.3 Å². The molecule has 5 heteroatoms. The molecular weight excluding hydrogens is 262 g/mol. The van der Waals surface area contributed by atoms with E-state index in [1.165, 1.54) is 0 Å². The van der Waals surface area contributed by atoms with Crippen molar-refractivity contribution >= 4 is 28.9 Å². The number of amides is 1. The van der Waals surface area contributed by atoms with Gasteiger partial charge in [0, 0.05) is 29.6 Å². The van der Waals surface area contributed by atoms with Gasteiger partial charge in [-0.05, 0) is 37.3 Å². The minimum atomic E-state index is -0.202. The minimum absolute atomic E-state index is 0.202. The van der Waals surface area contributed by atoms with Crippen molar-refractivity contribution in [2.45, 2.75) is 6.92 Å². The molecule has 4 nitrogen and oxygen atoms in total. The van der Waals surface area contributed by atoms with Gasteiger partial charge in [-0.3, -0.25) is 9.78 Å². The van der Waals surface area contributed by atoms with Gasteiger partial charge in [-0.25, -0.2) is 0 Å². The van der Waals surface area contributed by atoms with Crippen molar-refractivity contribution in [1.29, 1.82) is 0 Å². The maximum atomic E-state index is 12.2. The lowest BCUT2D eigenvalue weighted by Crippen LogP contribution is -2.15. The molecule has 0 radical (unpaired) electrons. The Bertz CT molecular complexity index is 569. The number of nitrogens with zero attached hydrogens (tertiary/aromatic N) is 1. The summed E-state index contributed by atoms with van der Waals surface area (Å²) in [6.45, 7) is 2.71. The summed E-state index contributed by atoms with van der Waals surface area (Å²) in [5.41, 5.74) is 1.98. The van der Waals surface area contributed by atoms with Gasteiger partial charge in [0.15, 0.2) is 0 Å². The van der Waals surface area contributed by atoms with E-state index in [2.05, 4.69) is 15.6 Å². The number of carbonyl (C=O) groups is 1. The van der Waals surface area contributed by atoms with Crippen LogP contribution in [0.15, 0.2) is 42.7 Å².